The third kappa shape index (κ3) is 3.83. The van der Waals surface area contributed by atoms with Gasteiger partial charge in [-0.2, -0.15) is 13.2 Å². The van der Waals surface area contributed by atoms with E-state index in [9.17, 15) is 31.2 Å². The predicted molar refractivity (Wildman–Crippen MR) is 119 cm³/mol. The number of fused-ring (bicyclic) bond motifs is 1. The standard InChI is InChI=1S/C22H19F3N4O4S/c1-13-20(30)29(16-4-6-17(7-5-16)34(32,33)22(23,24)25)21(31)28(13)12-14-9-10-27-19-11-15(26-2)3-8-18(14)19/h3-11,13,26H,12H2,1-2H3. The van der Waals surface area contributed by atoms with E-state index < -0.39 is 38.2 Å². The predicted octanol–water partition coefficient (Wildman–Crippen LogP) is 3.93. The van der Waals surface area contributed by atoms with E-state index in [2.05, 4.69) is 10.3 Å². The van der Waals surface area contributed by atoms with Gasteiger partial charge in [-0.1, -0.05) is 6.07 Å². The molecule has 0 bridgehead atoms. The van der Waals surface area contributed by atoms with Crippen LogP contribution in [0.4, 0.5) is 29.3 Å². The number of rotatable bonds is 5. The van der Waals surface area contributed by atoms with E-state index >= 15 is 0 Å². The third-order valence-corrected chi connectivity index (χ3v) is 7.16. The normalized spacial score (nSPS) is 17.0. The number of halogens is 3. The molecule has 1 fully saturated rings. The average molecular weight is 492 g/mol. The molecule has 12 heteroatoms. The van der Waals surface area contributed by atoms with Crippen LogP contribution in [0, 0.1) is 0 Å². The zero-order chi connectivity index (χ0) is 24.8. The van der Waals surface area contributed by atoms with Crippen molar-refractivity contribution >= 4 is 44.1 Å². The number of benzene rings is 2. The Labute approximate surface area is 192 Å². The van der Waals surface area contributed by atoms with E-state index in [0.717, 1.165) is 45.8 Å². The summed E-state index contributed by atoms with van der Waals surface area (Å²) in [5.41, 5.74) is -3.16. The molecule has 2 aromatic carbocycles. The molecule has 1 unspecified atom stereocenters. The van der Waals surface area contributed by atoms with Crippen molar-refractivity contribution < 1.29 is 31.2 Å². The van der Waals surface area contributed by atoms with Crippen molar-refractivity contribution in [1.29, 1.82) is 0 Å². The maximum atomic E-state index is 13.1. The maximum Gasteiger partial charge on any atom is 0.501 e. The van der Waals surface area contributed by atoms with Gasteiger partial charge in [-0.05, 0) is 55.0 Å². The number of anilines is 2. The summed E-state index contributed by atoms with van der Waals surface area (Å²) in [6.45, 7) is 1.64. The Hall–Kier alpha value is -3.67. The van der Waals surface area contributed by atoms with Crippen molar-refractivity contribution in [2.24, 2.45) is 0 Å². The second-order valence-electron chi connectivity index (χ2n) is 7.66. The van der Waals surface area contributed by atoms with Crippen molar-refractivity contribution in [3.05, 3.63) is 60.3 Å². The fourth-order valence-corrected chi connectivity index (χ4v) is 4.50. The average Bonchev–Trinajstić information content (AvgIpc) is 3.01. The van der Waals surface area contributed by atoms with E-state index in [1.54, 1.807) is 26.2 Å². The maximum absolute atomic E-state index is 13.1. The third-order valence-electron chi connectivity index (χ3n) is 5.65. The van der Waals surface area contributed by atoms with E-state index in [4.69, 9.17) is 0 Å². The number of carbonyl (C=O) groups is 2. The number of aromatic nitrogens is 1. The van der Waals surface area contributed by atoms with Crippen LogP contribution in [0.5, 0.6) is 0 Å². The van der Waals surface area contributed by atoms with Crippen LogP contribution in [0.2, 0.25) is 0 Å². The minimum Gasteiger partial charge on any atom is -0.388 e. The number of sulfone groups is 1. The highest BCUT2D eigenvalue weighted by molar-refractivity contribution is 7.92. The Morgan fingerprint density at radius 1 is 1.06 bits per heavy atom. The van der Waals surface area contributed by atoms with Gasteiger partial charge in [0.25, 0.3) is 15.7 Å². The molecule has 1 N–H and O–H groups in total. The fraction of sp³-hybridized carbons (Fsp3) is 0.227. The lowest BCUT2D eigenvalue weighted by molar-refractivity contribution is -0.119. The first-order valence-electron chi connectivity index (χ1n) is 10.1. The van der Waals surface area contributed by atoms with Gasteiger partial charge in [0.05, 0.1) is 16.1 Å². The largest absolute Gasteiger partial charge is 0.501 e. The van der Waals surface area contributed by atoms with Gasteiger partial charge < -0.3 is 10.2 Å². The number of hydrogen-bond acceptors (Lipinski definition) is 6. The molecule has 1 atom stereocenters. The molecule has 4 rings (SSSR count). The number of nitrogens with one attached hydrogen (secondary N) is 1. The van der Waals surface area contributed by atoms with E-state index in [0.29, 0.717) is 5.52 Å². The highest BCUT2D eigenvalue weighted by Crippen LogP contribution is 2.33. The highest BCUT2D eigenvalue weighted by atomic mass is 32.2. The molecule has 0 spiro atoms. The molecule has 34 heavy (non-hydrogen) atoms. The molecular formula is C22H19F3N4O4S. The van der Waals surface area contributed by atoms with Crippen LogP contribution >= 0.6 is 0 Å². The number of carbonyl (C=O) groups excluding carboxylic acids is 2. The zero-order valence-corrected chi connectivity index (χ0v) is 18.8. The second kappa shape index (κ2) is 8.28. The Kier molecular flexibility index (Phi) is 5.72. The van der Waals surface area contributed by atoms with E-state index in [1.165, 1.54) is 4.90 Å². The summed E-state index contributed by atoms with van der Waals surface area (Å²) in [5, 5.41) is 3.82. The summed E-state index contributed by atoms with van der Waals surface area (Å²) < 4.78 is 61.5. The van der Waals surface area contributed by atoms with Crippen molar-refractivity contribution in [2.45, 2.75) is 29.9 Å². The van der Waals surface area contributed by atoms with Crippen molar-refractivity contribution in [3.8, 4) is 0 Å². The molecule has 1 aliphatic heterocycles. The first kappa shape index (κ1) is 23.5. The molecule has 3 amide bonds. The number of amides is 3. The lowest BCUT2D eigenvalue weighted by Crippen LogP contribution is -2.33. The molecule has 0 saturated carbocycles. The SMILES string of the molecule is CNc1ccc2c(CN3C(=O)N(c4ccc(S(=O)(=O)C(F)(F)F)cc4)C(=O)C3C)ccnc2c1. The number of urea groups is 1. The molecule has 0 radical (unpaired) electrons. The van der Waals surface area contributed by atoms with Gasteiger partial charge in [0.1, 0.15) is 6.04 Å². The highest BCUT2D eigenvalue weighted by Gasteiger charge is 2.47. The monoisotopic (exact) mass is 492 g/mol. The summed E-state index contributed by atoms with van der Waals surface area (Å²) in [6, 6.07) is 9.26. The van der Waals surface area contributed by atoms with Crippen molar-refractivity contribution in [1.82, 2.24) is 9.88 Å². The van der Waals surface area contributed by atoms with Gasteiger partial charge in [-0.3, -0.25) is 9.78 Å². The van der Waals surface area contributed by atoms with Crippen LogP contribution in [0.25, 0.3) is 10.9 Å². The lowest BCUT2D eigenvalue weighted by Gasteiger charge is -2.20. The molecule has 1 aliphatic rings. The van der Waals surface area contributed by atoms with Crippen LogP contribution in [-0.2, 0) is 21.2 Å². The van der Waals surface area contributed by atoms with Gasteiger partial charge in [0, 0.05) is 30.9 Å². The number of nitrogens with zero attached hydrogens (tertiary/aromatic N) is 3. The molecule has 1 aromatic heterocycles. The Morgan fingerprint density at radius 3 is 2.35 bits per heavy atom. The molecule has 3 aromatic rings. The van der Waals surface area contributed by atoms with Crippen LogP contribution in [-0.4, -0.2) is 48.8 Å². The summed E-state index contributed by atoms with van der Waals surface area (Å²) in [5.74, 6) is -0.577. The Balaban J connectivity index is 1.63. The number of hydrogen-bond donors (Lipinski definition) is 1. The zero-order valence-electron chi connectivity index (χ0n) is 18.0. The molecular weight excluding hydrogens is 473 g/mol. The Bertz CT molecular complexity index is 1390. The Morgan fingerprint density at radius 2 is 1.74 bits per heavy atom. The second-order valence-corrected chi connectivity index (χ2v) is 9.60. The molecule has 1 saturated heterocycles. The van der Waals surface area contributed by atoms with E-state index in [-0.39, 0.29) is 12.2 Å². The van der Waals surface area contributed by atoms with Crippen LogP contribution in [0.1, 0.15) is 12.5 Å². The number of imide groups is 1. The molecule has 0 aliphatic carbocycles. The van der Waals surface area contributed by atoms with E-state index in [1.807, 2.05) is 18.2 Å². The fourth-order valence-electron chi connectivity index (χ4n) is 3.74. The molecule has 178 valence electrons. The lowest BCUT2D eigenvalue weighted by atomic mass is 10.1. The molecule has 8 nitrogen and oxygen atoms in total. The minimum absolute atomic E-state index is 0.0243. The quantitative estimate of drug-likeness (QED) is 0.542. The molecule has 2 heterocycles. The van der Waals surface area contributed by atoms with Gasteiger partial charge in [-0.15, -0.1) is 0 Å². The van der Waals surface area contributed by atoms with Gasteiger partial charge in [0.2, 0.25) is 0 Å². The first-order valence-corrected chi connectivity index (χ1v) is 11.6. The first-order chi connectivity index (χ1) is 16.0. The minimum atomic E-state index is -5.54. The van der Waals surface area contributed by atoms with Crippen LogP contribution in [0.3, 0.4) is 0 Å². The summed E-state index contributed by atoms with van der Waals surface area (Å²) >= 11 is 0. The van der Waals surface area contributed by atoms with Crippen LogP contribution in [0.15, 0.2) is 59.6 Å². The topological polar surface area (TPSA) is 99.7 Å². The van der Waals surface area contributed by atoms with Crippen molar-refractivity contribution in [2.75, 3.05) is 17.3 Å². The number of alkyl halides is 3. The summed E-state index contributed by atoms with van der Waals surface area (Å²) in [7, 11) is -3.76. The van der Waals surface area contributed by atoms with Gasteiger partial charge >= 0.3 is 11.5 Å². The van der Waals surface area contributed by atoms with Gasteiger partial charge in [0.15, 0.2) is 0 Å². The van der Waals surface area contributed by atoms with Crippen molar-refractivity contribution in [3.63, 3.8) is 0 Å². The van der Waals surface area contributed by atoms with Crippen LogP contribution < -0.4 is 10.2 Å². The smallest absolute Gasteiger partial charge is 0.388 e. The summed E-state index contributed by atoms with van der Waals surface area (Å²) in [4.78, 5) is 31.5. The van der Waals surface area contributed by atoms with Gasteiger partial charge in [-0.25, -0.2) is 18.1 Å². The number of pyridine rings is 1. The summed E-state index contributed by atoms with van der Waals surface area (Å²) in [6.07, 6.45) is 1.60.